The second kappa shape index (κ2) is 8.48. The van der Waals surface area contributed by atoms with Crippen LogP contribution in [0.4, 0.5) is 5.69 Å². The van der Waals surface area contributed by atoms with Crippen LogP contribution in [0.5, 0.6) is 0 Å². The summed E-state index contributed by atoms with van der Waals surface area (Å²) in [4.78, 5) is 24.7. The molecule has 0 aliphatic heterocycles. The summed E-state index contributed by atoms with van der Waals surface area (Å²) in [5, 5.41) is 2.77. The van der Waals surface area contributed by atoms with Gasteiger partial charge in [0.25, 0.3) is 0 Å². The Balaban J connectivity index is 2.15. The monoisotopic (exact) mass is 375 g/mol. The van der Waals surface area contributed by atoms with Crippen LogP contribution in [0.2, 0.25) is 0 Å². The van der Waals surface area contributed by atoms with Crippen molar-refractivity contribution < 1.29 is 14.3 Å². The van der Waals surface area contributed by atoms with E-state index in [1.807, 2.05) is 42.5 Å². The lowest BCUT2D eigenvalue weighted by Gasteiger charge is -2.16. The maximum atomic E-state index is 12.5. The summed E-state index contributed by atoms with van der Waals surface area (Å²) in [6.45, 7) is 1.97. The molecule has 0 aliphatic rings. The Morgan fingerprint density at radius 1 is 1.13 bits per heavy atom. The Labute approximate surface area is 144 Å². The van der Waals surface area contributed by atoms with Gasteiger partial charge in [-0.05, 0) is 37.1 Å². The summed E-state index contributed by atoms with van der Waals surface area (Å²) in [6, 6.07) is 16.7. The molecule has 2 rings (SSSR count). The first-order valence-corrected chi connectivity index (χ1v) is 8.16. The lowest BCUT2D eigenvalue weighted by atomic mass is 9.98. The number of nitrogens with one attached hydrogen (secondary N) is 1. The van der Waals surface area contributed by atoms with E-state index in [-0.39, 0.29) is 12.5 Å². The molecule has 23 heavy (non-hydrogen) atoms. The molecule has 0 aromatic heterocycles. The molecule has 0 spiro atoms. The van der Waals surface area contributed by atoms with Gasteiger partial charge in [-0.25, -0.2) is 0 Å². The normalized spacial score (nSPS) is 11.6. The molecule has 0 saturated heterocycles. The lowest BCUT2D eigenvalue weighted by Crippen LogP contribution is -2.33. The number of esters is 1. The van der Waals surface area contributed by atoms with Crippen molar-refractivity contribution in [2.75, 3.05) is 11.9 Å². The Bertz CT molecular complexity index is 673. The maximum Gasteiger partial charge on any atom is 0.318 e. The van der Waals surface area contributed by atoms with Gasteiger partial charge in [-0.15, -0.1) is 0 Å². The highest BCUT2D eigenvalue weighted by atomic mass is 79.9. The van der Waals surface area contributed by atoms with Crippen LogP contribution in [-0.2, 0) is 20.7 Å². The van der Waals surface area contributed by atoms with Crippen molar-refractivity contribution in [2.45, 2.75) is 13.3 Å². The molecule has 1 amide bonds. The van der Waals surface area contributed by atoms with E-state index in [1.54, 1.807) is 19.1 Å². The van der Waals surface area contributed by atoms with Crippen molar-refractivity contribution in [3.63, 3.8) is 0 Å². The number of rotatable bonds is 6. The van der Waals surface area contributed by atoms with Gasteiger partial charge in [0.15, 0.2) is 0 Å². The fourth-order valence-corrected chi connectivity index (χ4v) is 2.57. The SMILES string of the molecule is CCOC(=O)[C@H](Cc1ccccc1)C(=O)Nc1cccc(Br)c1. The smallest absolute Gasteiger partial charge is 0.318 e. The molecule has 2 aromatic carbocycles. The number of hydrogen-bond acceptors (Lipinski definition) is 3. The molecule has 0 saturated carbocycles. The van der Waals surface area contributed by atoms with Crippen molar-refractivity contribution in [3.8, 4) is 0 Å². The van der Waals surface area contributed by atoms with Crippen LogP contribution in [-0.4, -0.2) is 18.5 Å². The Hall–Kier alpha value is -2.14. The summed E-state index contributed by atoms with van der Waals surface area (Å²) in [5.41, 5.74) is 1.54. The van der Waals surface area contributed by atoms with Gasteiger partial charge in [-0.2, -0.15) is 0 Å². The van der Waals surface area contributed by atoms with E-state index in [1.165, 1.54) is 0 Å². The van der Waals surface area contributed by atoms with Gasteiger partial charge in [-0.3, -0.25) is 9.59 Å². The van der Waals surface area contributed by atoms with Crippen LogP contribution in [0.25, 0.3) is 0 Å². The van der Waals surface area contributed by atoms with Gasteiger partial charge in [0.1, 0.15) is 5.92 Å². The standard InChI is InChI=1S/C18H18BrNO3/c1-2-23-18(22)16(11-13-7-4-3-5-8-13)17(21)20-15-10-6-9-14(19)12-15/h3-10,12,16H,2,11H2,1H3,(H,20,21)/t16-/m1/s1. The van der Waals surface area contributed by atoms with Crippen LogP contribution < -0.4 is 5.32 Å². The average Bonchev–Trinajstić information content (AvgIpc) is 2.53. The molecule has 0 fully saturated rings. The molecule has 1 atom stereocenters. The maximum absolute atomic E-state index is 12.5. The van der Waals surface area contributed by atoms with Gasteiger partial charge in [0.05, 0.1) is 6.61 Å². The highest BCUT2D eigenvalue weighted by Gasteiger charge is 2.28. The largest absolute Gasteiger partial charge is 0.465 e. The van der Waals surface area contributed by atoms with E-state index in [4.69, 9.17) is 4.74 Å². The summed E-state index contributed by atoms with van der Waals surface area (Å²) in [7, 11) is 0. The Morgan fingerprint density at radius 2 is 1.87 bits per heavy atom. The third-order valence-electron chi connectivity index (χ3n) is 3.26. The second-order valence-corrected chi connectivity index (χ2v) is 5.91. The molecule has 120 valence electrons. The van der Waals surface area contributed by atoms with E-state index in [0.717, 1.165) is 10.0 Å². The third kappa shape index (κ3) is 5.21. The zero-order chi connectivity index (χ0) is 16.7. The molecule has 0 unspecified atom stereocenters. The van der Waals surface area contributed by atoms with Crippen LogP contribution >= 0.6 is 15.9 Å². The van der Waals surface area contributed by atoms with E-state index in [0.29, 0.717) is 12.1 Å². The van der Waals surface area contributed by atoms with E-state index >= 15 is 0 Å². The minimum Gasteiger partial charge on any atom is -0.465 e. The Kier molecular flexibility index (Phi) is 6.35. The van der Waals surface area contributed by atoms with Gasteiger partial charge in [0.2, 0.25) is 5.91 Å². The predicted molar refractivity (Wildman–Crippen MR) is 93.0 cm³/mol. The summed E-state index contributed by atoms with van der Waals surface area (Å²) in [5.74, 6) is -1.76. The quantitative estimate of drug-likeness (QED) is 0.616. The zero-order valence-electron chi connectivity index (χ0n) is 12.8. The summed E-state index contributed by atoms with van der Waals surface area (Å²) < 4.78 is 5.90. The fourth-order valence-electron chi connectivity index (χ4n) is 2.17. The fraction of sp³-hybridized carbons (Fsp3) is 0.222. The van der Waals surface area contributed by atoms with Crippen LogP contribution in [0.1, 0.15) is 12.5 Å². The number of carbonyl (C=O) groups is 2. The van der Waals surface area contributed by atoms with Crippen molar-refractivity contribution in [1.29, 1.82) is 0 Å². The van der Waals surface area contributed by atoms with E-state index < -0.39 is 11.9 Å². The van der Waals surface area contributed by atoms with Crippen molar-refractivity contribution >= 4 is 33.5 Å². The van der Waals surface area contributed by atoms with Gasteiger partial charge < -0.3 is 10.1 Å². The van der Waals surface area contributed by atoms with Crippen molar-refractivity contribution in [2.24, 2.45) is 5.92 Å². The first-order chi connectivity index (χ1) is 11.1. The summed E-state index contributed by atoms with van der Waals surface area (Å²) in [6.07, 6.45) is 0.305. The number of ether oxygens (including phenoxy) is 1. The van der Waals surface area contributed by atoms with Crippen LogP contribution in [0.15, 0.2) is 59.1 Å². The van der Waals surface area contributed by atoms with Gasteiger partial charge in [0, 0.05) is 10.2 Å². The molecule has 4 nitrogen and oxygen atoms in total. The number of anilines is 1. The molecule has 1 N–H and O–H groups in total. The first-order valence-electron chi connectivity index (χ1n) is 7.37. The number of halogens is 1. The predicted octanol–water partition coefficient (Wildman–Crippen LogP) is 3.81. The van der Waals surface area contributed by atoms with Crippen LogP contribution in [0.3, 0.4) is 0 Å². The molecular weight excluding hydrogens is 358 g/mol. The van der Waals surface area contributed by atoms with E-state index in [2.05, 4.69) is 21.2 Å². The Morgan fingerprint density at radius 3 is 2.52 bits per heavy atom. The minimum atomic E-state index is -0.878. The van der Waals surface area contributed by atoms with Gasteiger partial charge in [-0.1, -0.05) is 52.3 Å². The molecule has 0 heterocycles. The number of hydrogen-bond donors (Lipinski definition) is 1. The highest BCUT2D eigenvalue weighted by molar-refractivity contribution is 9.10. The molecule has 2 aromatic rings. The number of carbonyl (C=O) groups excluding carboxylic acids is 2. The highest BCUT2D eigenvalue weighted by Crippen LogP contribution is 2.18. The molecular formula is C18H18BrNO3. The van der Waals surface area contributed by atoms with Crippen LogP contribution in [0, 0.1) is 5.92 Å². The van der Waals surface area contributed by atoms with Crippen molar-refractivity contribution in [3.05, 3.63) is 64.6 Å². The average molecular weight is 376 g/mol. The molecule has 0 aliphatic carbocycles. The lowest BCUT2D eigenvalue weighted by molar-refractivity contribution is -0.150. The van der Waals surface area contributed by atoms with Gasteiger partial charge >= 0.3 is 5.97 Å². The third-order valence-corrected chi connectivity index (χ3v) is 3.76. The second-order valence-electron chi connectivity index (χ2n) is 4.99. The van der Waals surface area contributed by atoms with Crippen molar-refractivity contribution in [1.82, 2.24) is 0 Å². The zero-order valence-corrected chi connectivity index (χ0v) is 14.4. The number of amides is 1. The minimum absolute atomic E-state index is 0.244. The van der Waals surface area contributed by atoms with E-state index in [9.17, 15) is 9.59 Å². The molecule has 0 bridgehead atoms. The topological polar surface area (TPSA) is 55.4 Å². The summed E-state index contributed by atoms with van der Waals surface area (Å²) >= 11 is 3.35. The molecule has 0 radical (unpaired) electrons. The first kappa shape index (κ1) is 17.2. The number of benzene rings is 2. The molecule has 5 heteroatoms.